The molecule has 2 fully saturated rings. The minimum Gasteiger partial charge on any atom is -0.357 e. The SMILES string of the molecule is NCC1CCCCC1NC(=O)c1ccc(N2CCCCCC2)nc1. The summed E-state index contributed by atoms with van der Waals surface area (Å²) in [6.45, 7) is 2.79. The van der Waals surface area contributed by atoms with E-state index in [0.29, 0.717) is 18.0 Å². The van der Waals surface area contributed by atoms with Gasteiger partial charge in [0.1, 0.15) is 5.82 Å². The summed E-state index contributed by atoms with van der Waals surface area (Å²) < 4.78 is 0. The molecular formula is C19H30N4O. The summed E-state index contributed by atoms with van der Waals surface area (Å²) in [7, 11) is 0. The van der Waals surface area contributed by atoms with Crippen LogP contribution in [0.2, 0.25) is 0 Å². The Morgan fingerprint density at radius 3 is 2.54 bits per heavy atom. The molecule has 1 amide bonds. The third-order valence-electron chi connectivity index (χ3n) is 5.47. The molecule has 3 rings (SSSR count). The predicted octanol–water partition coefficient (Wildman–Crippen LogP) is 2.71. The largest absolute Gasteiger partial charge is 0.357 e. The molecule has 1 aromatic rings. The molecule has 0 radical (unpaired) electrons. The maximum Gasteiger partial charge on any atom is 0.253 e. The van der Waals surface area contributed by atoms with Crippen LogP contribution in [-0.4, -0.2) is 36.6 Å². The lowest BCUT2D eigenvalue weighted by Gasteiger charge is -2.31. The summed E-state index contributed by atoms with van der Waals surface area (Å²) in [5.74, 6) is 1.38. The summed E-state index contributed by atoms with van der Waals surface area (Å²) in [6, 6.07) is 4.10. The Morgan fingerprint density at radius 2 is 1.88 bits per heavy atom. The van der Waals surface area contributed by atoms with E-state index in [1.54, 1.807) is 6.20 Å². The molecule has 0 spiro atoms. The van der Waals surface area contributed by atoms with Gasteiger partial charge >= 0.3 is 0 Å². The number of rotatable bonds is 4. The smallest absolute Gasteiger partial charge is 0.253 e. The third-order valence-corrected chi connectivity index (χ3v) is 5.47. The topological polar surface area (TPSA) is 71.2 Å². The molecular weight excluding hydrogens is 300 g/mol. The average molecular weight is 330 g/mol. The van der Waals surface area contributed by atoms with Crippen LogP contribution in [0.25, 0.3) is 0 Å². The van der Waals surface area contributed by atoms with Gasteiger partial charge in [0.2, 0.25) is 0 Å². The van der Waals surface area contributed by atoms with Gasteiger partial charge in [0.05, 0.1) is 5.56 Å². The number of carbonyl (C=O) groups is 1. The van der Waals surface area contributed by atoms with E-state index >= 15 is 0 Å². The van der Waals surface area contributed by atoms with Crippen molar-refractivity contribution in [2.24, 2.45) is 11.7 Å². The normalized spacial score (nSPS) is 25.1. The van der Waals surface area contributed by atoms with E-state index in [9.17, 15) is 4.79 Å². The van der Waals surface area contributed by atoms with Gasteiger partial charge in [-0.3, -0.25) is 4.79 Å². The first-order valence-corrected chi connectivity index (χ1v) is 9.50. The maximum atomic E-state index is 12.5. The first kappa shape index (κ1) is 17.2. The summed E-state index contributed by atoms with van der Waals surface area (Å²) in [5.41, 5.74) is 6.50. The van der Waals surface area contributed by atoms with E-state index in [-0.39, 0.29) is 11.9 Å². The molecule has 2 atom stereocenters. The minimum absolute atomic E-state index is 0.0183. The van der Waals surface area contributed by atoms with Gasteiger partial charge in [0.15, 0.2) is 0 Å². The van der Waals surface area contributed by atoms with Crippen molar-refractivity contribution in [1.82, 2.24) is 10.3 Å². The van der Waals surface area contributed by atoms with Crippen LogP contribution in [-0.2, 0) is 0 Å². The first-order valence-electron chi connectivity index (χ1n) is 9.50. The molecule has 2 aliphatic rings. The van der Waals surface area contributed by atoms with Crippen LogP contribution in [0.5, 0.6) is 0 Å². The van der Waals surface area contributed by atoms with Crippen molar-refractivity contribution >= 4 is 11.7 Å². The van der Waals surface area contributed by atoms with Gasteiger partial charge in [-0.1, -0.05) is 25.7 Å². The van der Waals surface area contributed by atoms with Crippen LogP contribution in [0.4, 0.5) is 5.82 Å². The van der Waals surface area contributed by atoms with Gasteiger partial charge in [-0.25, -0.2) is 4.98 Å². The van der Waals surface area contributed by atoms with Crippen LogP contribution in [0.3, 0.4) is 0 Å². The highest BCUT2D eigenvalue weighted by atomic mass is 16.1. The van der Waals surface area contributed by atoms with Crippen LogP contribution in [0.1, 0.15) is 61.7 Å². The fourth-order valence-electron chi connectivity index (χ4n) is 3.94. The summed E-state index contributed by atoms with van der Waals surface area (Å²) in [5, 5.41) is 3.17. The summed E-state index contributed by atoms with van der Waals surface area (Å²) >= 11 is 0. The van der Waals surface area contributed by atoms with Crippen molar-refractivity contribution in [3.8, 4) is 0 Å². The molecule has 2 heterocycles. The Hall–Kier alpha value is -1.62. The molecule has 1 aliphatic carbocycles. The molecule has 1 aromatic heterocycles. The summed E-state index contributed by atoms with van der Waals surface area (Å²) in [4.78, 5) is 19.4. The second-order valence-corrected chi connectivity index (χ2v) is 7.17. The highest BCUT2D eigenvalue weighted by Gasteiger charge is 2.25. The molecule has 132 valence electrons. The number of hydrogen-bond donors (Lipinski definition) is 2. The second kappa shape index (κ2) is 8.47. The van der Waals surface area contributed by atoms with Gasteiger partial charge in [-0.05, 0) is 50.3 Å². The van der Waals surface area contributed by atoms with Crippen molar-refractivity contribution in [1.29, 1.82) is 0 Å². The molecule has 0 bridgehead atoms. The van der Waals surface area contributed by atoms with E-state index in [4.69, 9.17) is 5.73 Å². The van der Waals surface area contributed by atoms with Crippen LogP contribution in [0, 0.1) is 5.92 Å². The minimum atomic E-state index is -0.0183. The Kier molecular flexibility index (Phi) is 6.07. The number of pyridine rings is 1. The van der Waals surface area contributed by atoms with E-state index in [1.807, 2.05) is 12.1 Å². The van der Waals surface area contributed by atoms with Gasteiger partial charge in [-0.15, -0.1) is 0 Å². The first-order chi connectivity index (χ1) is 11.8. The van der Waals surface area contributed by atoms with Crippen molar-refractivity contribution in [3.63, 3.8) is 0 Å². The lowest BCUT2D eigenvalue weighted by molar-refractivity contribution is 0.0907. The lowest BCUT2D eigenvalue weighted by atomic mass is 9.84. The average Bonchev–Trinajstić information content (AvgIpc) is 2.92. The van der Waals surface area contributed by atoms with E-state index < -0.39 is 0 Å². The number of nitrogens with one attached hydrogen (secondary N) is 1. The van der Waals surface area contributed by atoms with Crippen molar-refractivity contribution in [3.05, 3.63) is 23.9 Å². The number of anilines is 1. The molecule has 5 nitrogen and oxygen atoms in total. The van der Waals surface area contributed by atoms with Crippen molar-refractivity contribution in [2.75, 3.05) is 24.5 Å². The molecule has 3 N–H and O–H groups in total. The molecule has 5 heteroatoms. The number of amides is 1. The number of aromatic nitrogens is 1. The molecule has 1 aliphatic heterocycles. The Morgan fingerprint density at radius 1 is 1.12 bits per heavy atom. The quantitative estimate of drug-likeness (QED) is 0.890. The Balaban J connectivity index is 1.60. The zero-order chi connectivity index (χ0) is 16.8. The number of hydrogen-bond acceptors (Lipinski definition) is 4. The standard InChI is InChI=1S/C19H30N4O/c20-13-15-7-3-4-8-17(15)22-19(24)16-9-10-18(21-14-16)23-11-5-1-2-6-12-23/h9-10,14-15,17H,1-8,11-13,20H2,(H,22,24). The van der Waals surface area contributed by atoms with Gasteiger partial charge in [-0.2, -0.15) is 0 Å². The van der Waals surface area contributed by atoms with Crippen LogP contribution < -0.4 is 16.0 Å². The third kappa shape index (κ3) is 4.26. The molecule has 1 saturated heterocycles. The fraction of sp³-hybridized carbons (Fsp3) is 0.684. The number of carbonyl (C=O) groups excluding carboxylic acids is 1. The zero-order valence-corrected chi connectivity index (χ0v) is 14.5. The van der Waals surface area contributed by atoms with Crippen LogP contribution in [0.15, 0.2) is 18.3 Å². The number of nitrogens with zero attached hydrogens (tertiary/aromatic N) is 2. The Bertz CT molecular complexity index is 523. The Labute approximate surface area is 145 Å². The molecule has 2 unspecified atom stereocenters. The molecule has 24 heavy (non-hydrogen) atoms. The van der Waals surface area contributed by atoms with Gasteiger partial charge < -0.3 is 16.0 Å². The highest BCUT2D eigenvalue weighted by molar-refractivity contribution is 5.94. The van der Waals surface area contributed by atoms with Crippen molar-refractivity contribution < 1.29 is 4.79 Å². The zero-order valence-electron chi connectivity index (χ0n) is 14.5. The number of nitrogens with two attached hydrogens (primary N) is 1. The van der Waals surface area contributed by atoms with Crippen molar-refractivity contribution in [2.45, 2.75) is 57.4 Å². The van der Waals surface area contributed by atoms with E-state index in [1.165, 1.54) is 38.5 Å². The highest BCUT2D eigenvalue weighted by Crippen LogP contribution is 2.24. The predicted molar refractivity (Wildman–Crippen MR) is 97.2 cm³/mol. The van der Waals surface area contributed by atoms with Crippen LogP contribution >= 0.6 is 0 Å². The monoisotopic (exact) mass is 330 g/mol. The fourth-order valence-corrected chi connectivity index (χ4v) is 3.94. The van der Waals surface area contributed by atoms with E-state index in [0.717, 1.165) is 31.7 Å². The lowest BCUT2D eigenvalue weighted by Crippen LogP contribution is -2.44. The summed E-state index contributed by atoms with van der Waals surface area (Å²) in [6.07, 6.45) is 11.3. The van der Waals surface area contributed by atoms with Gasteiger partial charge in [0, 0.05) is 25.3 Å². The molecule has 1 saturated carbocycles. The maximum absolute atomic E-state index is 12.5. The van der Waals surface area contributed by atoms with E-state index in [2.05, 4.69) is 15.2 Å². The second-order valence-electron chi connectivity index (χ2n) is 7.17. The molecule has 0 aromatic carbocycles. The van der Waals surface area contributed by atoms with Gasteiger partial charge in [0.25, 0.3) is 5.91 Å².